The third-order valence-electron chi connectivity index (χ3n) is 4.82. The molecule has 190 valence electrons. The Kier molecular flexibility index (Phi) is 11.1. The van der Waals surface area contributed by atoms with E-state index in [4.69, 9.17) is 16.3 Å². The van der Waals surface area contributed by atoms with Crippen LogP contribution in [0.4, 0.5) is 10.5 Å². The normalized spacial score (nSPS) is 11.7. The van der Waals surface area contributed by atoms with Crippen molar-refractivity contribution in [2.45, 2.75) is 20.4 Å². The Labute approximate surface area is 215 Å². The molecule has 4 amide bonds. The second-order valence-corrected chi connectivity index (χ2v) is 7.89. The second kappa shape index (κ2) is 14.3. The van der Waals surface area contributed by atoms with Gasteiger partial charge in [-0.05, 0) is 61.9 Å². The number of guanidine groups is 1. The highest BCUT2D eigenvalue weighted by Crippen LogP contribution is 2.20. The van der Waals surface area contributed by atoms with Crippen molar-refractivity contribution < 1.29 is 19.1 Å². The fraction of sp³-hybridized carbons (Fsp3) is 0.240. The maximum Gasteiger partial charge on any atom is 0.323 e. The van der Waals surface area contributed by atoms with Crippen LogP contribution in [-0.2, 0) is 16.1 Å². The standard InChI is InChI=1S/C25H29ClN6O4/c1-5-22(15-27-31(4)17-33)36-23-13-11-21(12-14-23)28-24(29-25(35)30(3)6-2)32(18-34)16-19-7-9-20(26)10-8-19/h5,7-15,17-18H,6,16H2,1-4H3,(H,28,29,35)/b22-5+,27-15-. The minimum absolute atomic E-state index is 0.0668. The molecule has 0 unspecified atom stereocenters. The van der Waals surface area contributed by atoms with E-state index in [1.807, 2.05) is 6.92 Å². The molecule has 0 fully saturated rings. The van der Waals surface area contributed by atoms with Gasteiger partial charge in [0.15, 0.2) is 0 Å². The van der Waals surface area contributed by atoms with Crippen molar-refractivity contribution in [3.8, 4) is 5.75 Å². The minimum Gasteiger partial charge on any atom is -0.456 e. The van der Waals surface area contributed by atoms with Gasteiger partial charge in [-0.15, -0.1) is 0 Å². The lowest BCUT2D eigenvalue weighted by Crippen LogP contribution is -2.47. The first kappa shape index (κ1) is 28.1. The molecule has 0 saturated carbocycles. The van der Waals surface area contributed by atoms with E-state index >= 15 is 0 Å². The summed E-state index contributed by atoms with van der Waals surface area (Å²) in [5, 5.41) is 8.31. The number of nitrogens with zero attached hydrogens (tertiary/aromatic N) is 5. The quantitative estimate of drug-likeness (QED) is 0.171. The molecule has 0 heterocycles. The SMILES string of the molecule is C/C=C(\C=N/N(C)C=O)Oc1ccc(N=C(NC(=O)N(C)CC)N(C=O)Cc2ccc(Cl)cc2)cc1. The number of nitrogens with one attached hydrogen (secondary N) is 1. The number of hydrogen-bond donors (Lipinski definition) is 1. The van der Waals surface area contributed by atoms with Crippen LogP contribution < -0.4 is 10.1 Å². The molecule has 0 aliphatic rings. The van der Waals surface area contributed by atoms with Crippen LogP contribution in [0.25, 0.3) is 0 Å². The highest BCUT2D eigenvalue weighted by molar-refractivity contribution is 6.30. The van der Waals surface area contributed by atoms with Crippen LogP contribution in [0.2, 0.25) is 5.02 Å². The van der Waals surface area contributed by atoms with Gasteiger partial charge in [-0.3, -0.25) is 19.8 Å². The molecule has 0 aromatic heterocycles. The number of hydrazone groups is 1. The highest BCUT2D eigenvalue weighted by Gasteiger charge is 2.17. The largest absolute Gasteiger partial charge is 0.456 e. The fourth-order valence-electron chi connectivity index (χ4n) is 2.63. The van der Waals surface area contributed by atoms with Crippen LogP contribution in [0.15, 0.2) is 70.5 Å². The van der Waals surface area contributed by atoms with Crippen molar-refractivity contribution in [2.24, 2.45) is 10.1 Å². The number of aliphatic imine (C=N–C) groups is 1. The van der Waals surface area contributed by atoms with Gasteiger partial charge in [0.05, 0.1) is 18.4 Å². The summed E-state index contributed by atoms with van der Waals surface area (Å²) in [7, 11) is 3.15. The first-order valence-electron chi connectivity index (χ1n) is 11.0. The summed E-state index contributed by atoms with van der Waals surface area (Å²) >= 11 is 5.96. The number of urea groups is 1. The summed E-state index contributed by atoms with van der Waals surface area (Å²) in [5.41, 5.74) is 1.29. The van der Waals surface area contributed by atoms with E-state index in [1.165, 1.54) is 23.1 Å². The fourth-order valence-corrected chi connectivity index (χ4v) is 2.76. The summed E-state index contributed by atoms with van der Waals surface area (Å²) in [6.45, 7) is 4.26. The average molecular weight is 513 g/mol. The molecule has 2 aromatic rings. The number of ether oxygens (including phenoxy) is 1. The minimum atomic E-state index is -0.406. The van der Waals surface area contributed by atoms with Gasteiger partial charge in [-0.2, -0.15) is 5.10 Å². The van der Waals surface area contributed by atoms with Crippen LogP contribution in [0.1, 0.15) is 19.4 Å². The van der Waals surface area contributed by atoms with Gasteiger partial charge in [-0.25, -0.2) is 14.8 Å². The molecule has 0 bridgehead atoms. The van der Waals surface area contributed by atoms with Crippen LogP contribution in [0.3, 0.4) is 0 Å². The van der Waals surface area contributed by atoms with Crippen molar-refractivity contribution in [2.75, 3.05) is 20.6 Å². The van der Waals surface area contributed by atoms with E-state index < -0.39 is 6.03 Å². The van der Waals surface area contributed by atoms with E-state index in [0.717, 1.165) is 10.6 Å². The molecule has 0 radical (unpaired) electrons. The van der Waals surface area contributed by atoms with E-state index in [2.05, 4.69) is 15.4 Å². The zero-order valence-electron chi connectivity index (χ0n) is 20.6. The number of hydrogen-bond acceptors (Lipinski definition) is 6. The molecular formula is C25H29ClN6O4. The Balaban J connectivity index is 2.28. The number of halogens is 1. The monoisotopic (exact) mass is 512 g/mol. The van der Waals surface area contributed by atoms with Gasteiger partial charge >= 0.3 is 6.03 Å². The van der Waals surface area contributed by atoms with Gasteiger partial charge in [0.1, 0.15) is 11.5 Å². The summed E-state index contributed by atoms with van der Waals surface area (Å²) in [6.07, 6.45) is 4.29. The van der Waals surface area contributed by atoms with Crippen molar-refractivity contribution in [3.63, 3.8) is 0 Å². The van der Waals surface area contributed by atoms with Crippen LogP contribution in [0, 0.1) is 0 Å². The average Bonchev–Trinajstić information content (AvgIpc) is 2.90. The molecule has 0 aliphatic carbocycles. The zero-order valence-corrected chi connectivity index (χ0v) is 21.3. The summed E-state index contributed by atoms with van der Waals surface area (Å²) in [6, 6.07) is 13.3. The topological polar surface area (TPSA) is 107 Å². The van der Waals surface area contributed by atoms with Gasteiger partial charge in [-0.1, -0.05) is 23.7 Å². The van der Waals surface area contributed by atoms with E-state index in [1.54, 1.807) is 68.6 Å². The molecule has 0 aliphatic heterocycles. The lowest BCUT2D eigenvalue weighted by atomic mass is 10.2. The van der Waals surface area contributed by atoms with Crippen molar-refractivity contribution in [3.05, 3.63) is 71.0 Å². The summed E-state index contributed by atoms with van der Waals surface area (Å²) < 4.78 is 5.75. The summed E-state index contributed by atoms with van der Waals surface area (Å²) in [5.74, 6) is 1.01. The molecule has 1 N–H and O–H groups in total. The van der Waals surface area contributed by atoms with Gasteiger partial charge in [0.25, 0.3) is 0 Å². The van der Waals surface area contributed by atoms with Crippen LogP contribution in [0.5, 0.6) is 5.75 Å². The third kappa shape index (κ3) is 8.88. The molecule has 0 spiro atoms. The Morgan fingerprint density at radius 2 is 1.72 bits per heavy atom. The second-order valence-electron chi connectivity index (χ2n) is 7.45. The van der Waals surface area contributed by atoms with E-state index in [-0.39, 0.29) is 12.5 Å². The molecular weight excluding hydrogens is 484 g/mol. The number of benzene rings is 2. The number of amides is 4. The smallest absolute Gasteiger partial charge is 0.323 e. The lowest BCUT2D eigenvalue weighted by molar-refractivity contribution is -0.117. The molecule has 2 rings (SSSR count). The third-order valence-corrected chi connectivity index (χ3v) is 5.07. The van der Waals surface area contributed by atoms with Gasteiger partial charge in [0, 0.05) is 25.7 Å². The number of allylic oxidation sites excluding steroid dienone is 2. The highest BCUT2D eigenvalue weighted by atomic mass is 35.5. The molecule has 36 heavy (non-hydrogen) atoms. The Morgan fingerprint density at radius 3 is 2.28 bits per heavy atom. The number of rotatable bonds is 10. The first-order chi connectivity index (χ1) is 17.3. The lowest BCUT2D eigenvalue weighted by Gasteiger charge is -2.23. The van der Waals surface area contributed by atoms with Crippen molar-refractivity contribution >= 4 is 48.3 Å². The molecule has 0 saturated heterocycles. The maximum atomic E-state index is 12.5. The number of carbonyl (C=O) groups excluding carboxylic acids is 3. The van der Waals surface area contributed by atoms with Crippen LogP contribution >= 0.6 is 11.6 Å². The summed E-state index contributed by atoms with van der Waals surface area (Å²) in [4.78, 5) is 42.4. The van der Waals surface area contributed by atoms with Gasteiger partial charge in [0.2, 0.25) is 18.8 Å². The predicted octanol–water partition coefficient (Wildman–Crippen LogP) is 4.00. The van der Waals surface area contributed by atoms with Crippen molar-refractivity contribution in [1.82, 2.24) is 20.1 Å². The zero-order chi connectivity index (χ0) is 26.5. The molecule has 0 atom stereocenters. The molecule has 11 heteroatoms. The first-order valence-corrected chi connectivity index (χ1v) is 11.4. The molecule has 2 aromatic carbocycles. The Bertz CT molecular complexity index is 1120. The Morgan fingerprint density at radius 1 is 1.06 bits per heavy atom. The Hall–Kier alpha value is -4.18. The van der Waals surface area contributed by atoms with Crippen molar-refractivity contribution in [1.29, 1.82) is 0 Å². The number of carbonyl (C=O) groups is 3. The van der Waals surface area contributed by atoms with E-state index in [0.29, 0.717) is 41.6 Å². The van der Waals surface area contributed by atoms with Gasteiger partial charge < -0.3 is 9.64 Å². The molecule has 10 nitrogen and oxygen atoms in total. The van der Waals surface area contributed by atoms with Crippen LogP contribution in [-0.4, -0.2) is 66.5 Å². The predicted molar refractivity (Wildman–Crippen MR) is 140 cm³/mol. The van der Waals surface area contributed by atoms with E-state index in [9.17, 15) is 14.4 Å². The maximum absolute atomic E-state index is 12.5.